The first-order valence-corrected chi connectivity index (χ1v) is 11.3. The van der Waals surface area contributed by atoms with Crippen LogP contribution in [0.5, 0.6) is 5.75 Å². The lowest BCUT2D eigenvalue weighted by Gasteiger charge is -2.29. The van der Waals surface area contributed by atoms with E-state index in [9.17, 15) is 13.2 Å². The summed E-state index contributed by atoms with van der Waals surface area (Å²) >= 11 is 0. The molecule has 1 aromatic carbocycles. The van der Waals surface area contributed by atoms with Crippen LogP contribution in [0.1, 0.15) is 44.1 Å². The molecule has 0 spiro atoms. The Labute approximate surface area is 156 Å². The molecule has 144 valence electrons. The highest BCUT2D eigenvalue weighted by atomic mass is 32.2. The van der Waals surface area contributed by atoms with Crippen LogP contribution in [0.25, 0.3) is 0 Å². The lowest BCUT2D eigenvalue weighted by molar-refractivity contribution is -0.126. The minimum Gasteiger partial charge on any atom is -0.490 e. The van der Waals surface area contributed by atoms with Gasteiger partial charge < -0.3 is 10.1 Å². The van der Waals surface area contributed by atoms with E-state index in [4.69, 9.17) is 4.74 Å². The summed E-state index contributed by atoms with van der Waals surface area (Å²) in [7, 11) is -3.16. The largest absolute Gasteiger partial charge is 0.490 e. The first kappa shape index (κ1) is 19.2. The van der Waals surface area contributed by atoms with Crippen molar-refractivity contribution in [1.29, 1.82) is 0 Å². The molecule has 1 saturated carbocycles. The Hall–Kier alpha value is -1.60. The molecule has 7 heteroatoms. The number of hydrogen-bond acceptors (Lipinski definition) is 4. The number of hydrogen-bond donors (Lipinski definition) is 1. The summed E-state index contributed by atoms with van der Waals surface area (Å²) in [5.41, 5.74) is 0.987. The second-order valence-corrected chi connectivity index (χ2v) is 9.27. The van der Waals surface area contributed by atoms with Crippen LogP contribution < -0.4 is 10.1 Å². The lowest BCUT2D eigenvalue weighted by atomic mass is 9.97. The Kier molecular flexibility index (Phi) is 6.19. The summed E-state index contributed by atoms with van der Waals surface area (Å²) in [4.78, 5) is 12.5. The van der Waals surface area contributed by atoms with E-state index in [1.54, 1.807) is 0 Å². The van der Waals surface area contributed by atoms with E-state index in [1.165, 1.54) is 23.4 Å². The molecule has 2 aliphatic rings. The number of rotatable bonds is 6. The topological polar surface area (TPSA) is 75.7 Å². The van der Waals surface area contributed by atoms with Crippen molar-refractivity contribution in [2.75, 3.05) is 19.3 Å². The molecule has 0 unspecified atom stereocenters. The predicted octanol–water partition coefficient (Wildman–Crippen LogP) is 2.30. The fourth-order valence-electron chi connectivity index (χ4n) is 3.73. The van der Waals surface area contributed by atoms with Crippen LogP contribution in [0.15, 0.2) is 24.3 Å². The molecule has 1 aliphatic carbocycles. The number of nitrogens with zero attached hydrogens (tertiary/aromatic N) is 1. The second-order valence-electron chi connectivity index (χ2n) is 7.29. The van der Waals surface area contributed by atoms with Gasteiger partial charge in [-0.25, -0.2) is 12.7 Å². The summed E-state index contributed by atoms with van der Waals surface area (Å²) < 4.78 is 30.7. The van der Waals surface area contributed by atoms with Gasteiger partial charge in [0, 0.05) is 31.1 Å². The average Bonchev–Trinajstić information content (AvgIpc) is 3.13. The Balaban J connectivity index is 1.52. The van der Waals surface area contributed by atoms with Gasteiger partial charge in [-0.15, -0.1) is 0 Å². The van der Waals surface area contributed by atoms with Crippen LogP contribution in [0.4, 0.5) is 0 Å². The van der Waals surface area contributed by atoms with Gasteiger partial charge in [-0.1, -0.05) is 18.2 Å². The molecule has 1 saturated heterocycles. The smallest absolute Gasteiger partial charge is 0.223 e. The van der Waals surface area contributed by atoms with Crippen molar-refractivity contribution in [3.8, 4) is 5.75 Å². The van der Waals surface area contributed by atoms with Crippen molar-refractivity contribution in [1.82, 2.24) is 9.62 Å². The molecule has 1 N–H and O–H groups in total. The molecule has 1 aliphatic heterocycles. The molecule has 1 heterocycles. The molecule has 0 atom stereocenters. The minimum absolute atomic E-state index is 0.00572. The van der Waals surface area contributed by atoms with E-state index in [-0.39, 0.29) is 17.9 Å². The van der Waals surface area contributed by atoms with Gasteiger partial charge in [0.2, 0.25) is 15.9 Å². The van der Waals surface area contributed by atoms with Gasteiger partial charge in [-0.05, 0) is 44.6 Å². The maximum Gasteiger partial charge on any atom is 0.223 e. The number of carbonyl (C=O) groups excluding carboxylic acids is 1. The summed E-state index contributed by atoms with van der Waals surface area (Å²) in [5.74, 6) is 0.719. The van der Waals surface area contributed by atoms with Gasteiger partial charge in [0.25, 0.3) is 0 Å². The Morgan fingerprint density at radius 3 is 2.46 bits per heavy atom. The third-order valence-electron chi connectivity index (χ3n) is 5.32. The highest BCUT2D eigenvalue weighted by molar-refractivity contribution is 7.88. The fraction of sp³-hybridized carbons (Fsp3) is 0.632. The molecule has 2 fully saturated rings. The number of piperidine rings is 1. The Bertz CT molecular complexity index is 721. The number of sulfonamides is 1. The normalized spacial score (nSPS) is 20.2. The second kappa shape index (κ2) is 8.39. The van der Waals surface area contributed by atoms with Crippen molar-refractivity contribution in [3.05, 3.63) is 29.8 Å². The van der Waals surface area contributed by atoms with Gasteiger partial charge in [0.05, 0.1) is 12.4 Å². The number of amides is 1. The number of nitrogens with one attached hydrogen (secondary N) is 1. The molecule has 0 aromatic heterocycles. The molecule has 0 bridgehead atoms. The quantitative estimate of drug-likeness (QED) is 0.822. The zero-order chi connectivity index (χ0) is 18.6. The zero-order valence-corrected chi connectivity index (χ0v) is 16.1. The van der Waals surface area contributed by atoms with Crippen LogP contribution in [0.2, 0.25) is 0 Å². The minimum atomic E-state index is -3.16. The maximum atomic E-state index is 12.5. The van der Waals surface area contributed by atoms with E-state index < -0.39 is 10.0 Å². The number of para-hydroxylation sites is 1. The van der Waals surface area contributed by atoms with Crippen molar-refractivity contribution < 1.29 is 17.9 Å². The van der Waals surface area contributed by atoms with E-state index in [2.05, 4.69) is 5.32 Å². The van der Waals surface area contributed by atoms with Gasteiger partial charge in [-0.3, -0.25) is 4.79 Å². The van der Waals surface area contributed by atoms with E-state index in [0.29, 0.717) is 32.5 Å². The highest BCUT2D eigenvalue weighted by Crippen LogP contribution is 2.27. The van der Waals surface area contributed by atoms with E-state index >= 15 is 0 Å². The van der Waals surface area contributed by atoms with Crippen molar-refractivity contribution in [2.45, 2.75) is 51.2 Å². The SMILES string of the molecule is CS(=O)(=O)N1CCC(C(=O)NCc2ccccc2OC2CCCC2)CC1. The average molecular weight is 381 g/mol. The monoisotopic (exact) mass is 380 g/mol. The van der Waals surface area contributed by atoms with E-state index in [0.717, 1.165) is 24.2 Å². The van der Waals surface area contributed by atoms with Crippen LogP contribution in [-0.2, 0) is 21.4 Å². The van der Waals surface area contributed by atoms with Crippen molar-refractivity contribution in [3.63, 3.8) is 0 Å². The van der Waals surface area contributed by atoms with E-state index in [1.807, 2.05) is 24.3 Å². The van der Waals surface area contributed by atoms with Gasteiger partial charge in [0.1, 0.15) is 5.75 Å². The maximum absolute atomic E-state index is 12.5. The molecule has 1 aromatic rings. The van der Waals surface area contributed by atoms with Crippen molar-refractivity contribution >= 4 is 15.9 Å². The highest BCUT2D eigenvalue weighted by Gasteiger charge is 2.28. The summed E-state index contributed by atoms with van der Waals surface area (Å²) in [5, 5.41) is 3.00. The number of carbonyl (C=O) groups is 1. The number of ether oxygens (including phenoxy) is 1. The molecule has 6 nitrogen and oxygen atoms in total. The van der Waals surface area contributed by atoms with Crippen LogP contribution >= 0.6 is 0 Å². The number of benzene rings is 1. The van der Waals surface area contributed by atoms with Gasteiger partial charge in [-0.2, -0.15) is 0 Å². The first-order valence-electron chi connectivity index (χ1n) is 9.41. The van der Waals surface area contributed by atoms with Crippen LogP contribution in [0, 0.1) is 5.92 Å². The van der Waals surface area contributed by atoms with Crippen molar-refractivity contribution in [2.24, 2.45) is 5.92 Å². The molecule has 1 amide bonds. The third-order valence-corrected chi connectivity index (χ3v) is 6.62. The molecular formula is C19H28N2O4S. The first-order chi connectivity index (χ1) is 12.4. The Morgan fingerprint density at radius 1 is 1.15 bits per heavy atom. The standard InChI is InChI=1S/C19H28N2O4S/c1-26(23,24)21-12-10-15(11-13-21)19(22)20-14-16-6-2-5-9-18(16)25-17-7-3-4-8-17/h2,5-6,9,15,17H,3-4,7-8,10-14H2,1H3,(H,20,22). The Morgan fingerprint density at radius 2 is 1.81 bits per heavy atom. The fourth-order valence-corrected chi connectivity index (χ4v) is 4.60. The predicted molar refractivity (Wildman–Crippen MR) is 100 cm³/mol. The zero-order valence-electron chi connectivity index (χ0n) is 15.3. The lowest BCUT2D eigenvalue weighted by Crippen LogP contribution is -2.42. The van der Waals surface area contributed by atoms with Crippen LogP contribution in [-0.4, -0.2) is 44.1 Å². The molecule has 3 rings (SSSR count). The van der Waals surface area contributed by atoms with Crippen LogP contribution in [0.3, 0.4) is 0 Å². The third kappa shape index (κ3) is 4.98. The summed E-state index contributed by atoms with van der Waals surface area (Å²) in [6.07, 6.45) is 7.27. The molecular weight excluding hydrogens is 352 g/mol. The summed E-state index contributed by atoms with van der Waals surface area (Å²) in [6, 6.07) is 7.85. The van der Waals surface area contributed by atoms with Gasteiger partial charge >= 0.3 is 0 Å². The summed E-state index contributed by atoms with van der Waals surface area (Å²) in [6.45, 7) is 1.27. The molecule has 26 heavy (non-hydrogen) atoms. The molecule has 0 radical (unpaired) electrons. The van der Waals surface area contributed by atoms with Gasteiger partial charge in [0.15, 0.2) is 0 Å².